The molecule has 1 amide bonds. The van der Waals surface area contributed by atoms with Crippen molar-refractivity contribution in [3.63, 3.8) is 0 Å². The second-order valence-electron chi connectivity index (χ2n) is 4.98. The number of hydrogen-bond donors (Lipinski definition) is 2. The van der Waals surface area contributed by atoms with Gasteiger partial charge in [0.15, 0.2) is 0 Å². The molecule has 2 aromatic carbocycles. The Bertz CT molecular complexity index is 644. The number of aryl methyl sites for hydroxylation is 1. The third-order valence-electron chi connectivity index (χ3n) is 3.16. The summed E-state index contributed by atoms with van der Waals surface area (Å²) >= 11 is 1.49. The molecule has 0 aliphatic heterocycles. The van der Waals surface area contributed by atoms with Crippen LogP contribution in [0.2, 0.25) is 0 Å². The Balaban J connectivity index is 1.78. The van der Waals surface area contributed by atoms with E-state index in [0.717, 1.165) is 11.1 Å². The summed E-state index contributed by atoms with van der Waals surface area (Å²) in [7, 11) is 0. The topological polar surface area (TPSA) is 49.3 Å². The second-order valence-corrected chi connectivity index (χ2v) is 5.97. The van der Waals surface area contributed by atoms with E-state index in [0.29, 0.717) is 22.8 Å². The zero-order chi connectivity index (χ0) is 15.9. The van der Waals surface area contributed by atoms with Crippen LogP contribution in [-0.2, 0) is 17.2 Å². The predicted octanol–water partition coefficient (Wildman–Crippen LogP) is 3.50. The Morgan fingerprint density at radius 1 is 1.18 bits per heavy atom. The van der Waals surface area contributed by atoms with Crippen LogP contribution in [0, 0.1) is 12.7 Å². The van der Waals surface area contributed by atoms with Crippen molar-refractivity contribution in [3.05, 3.63) is 65.0 Å². The summed E-state index contributed by atoms with van der Waals surface area (Å²) in [6.07, 6.45) is 0. The number of hydrogen-bond acceptors (Lipinski definition) is 3. The Morgan fingerprint density at radius 3 is 2.50 bits per heavy atom. The van der Waals surface area contributed by atoms with Crippen LogP contribution in [0.4, 0.5) is 10.1 Å². The van der Waals surface area contributed by atoms with Crippen molar-refractivity contribution < 1.29 is 14.3 Å². The van der Waals surface area contributed by atoms with Crippen LogP contribution in [0.25, 0.3) is 0 Å². The fourth-order valence-electron chi connectivity index (χ4n) is 1.87. The van der Waals surface area contributed by atoms with Gasteiger partial charge in [0.05, 0.1) is 12.4 Å². The van der Waals surface area contributed by atoms with Crippen molar-refractivity contribution in [2.75, 3.05) is 11.1 Å². The van der Waals surface area contributed by atoms with E-state index in [1.54, 1.807) is 19.1 Å². The quantitative estimate of drug-likeness (QED) is 0.857. The predicted molar refractivity (Wildman–Crippen MR) is 88.3 cm³/mol. The van der Waals surface area contributed by atoms with E-state index in [9.17, 15) is 9.18 Å². The summed E-state index contributed by atoms with van der Waals surface area (Å²) in [5, 5.41) is 11.7. The molecule has 3 nitrogen and oxygen atoms in total. The highest BCUT2D eigenvalue weighted by Gasteiger charge is 2.05. The van der Waals surface area contributed by atoms with Gasteiger partial charge in [0, 0.05) is 11.4 Å². The van der Waals surface area contributed by atoms with Crippen molar-refractivity contribution >= 4 is 23.4 Å². The molecule has 0 spiro atoms. The minimum absolute atomic E-state index is 0.0307. The van der Waals surface area contributed by atoms with Gasteiger partial charge < -0.3 is 10.4 Å². The standard InChI is InChI=1S/C17H18FNO2S/c1-12-2-7-15(8-16(12)18)19-17(21)11-22-10-14-5-3-13(9-20)4-6-14/h2-8,20H,9-11H2,1H3,(H,19,21). The molecule has 0 heterocycles. The number of nitrogens with one attached hydrogen (secondary N) is 1. The Labute approximate surface area is 133 Å². The van der Waals surface area contributed by atoms with E-state index < -0.39 is 0 Å². The molecule has 0 unspecified atom stereocenters. The minimum atomic E-state index is -0.325. The third kappa shape index (κ3) is 4.86. The number of rotatable bonds is 6. The van der Waals surface area contributed by atoms with Crippen molar-refractivity contribution in [3.8, 4) is 0 Å². The van der Waals surface area contributed by atoms with Crippen LogP contribution < -0.4 is 5.32 Å². The molecule has 0 aliphatic carbocycles. The van der Waals surface area contributed by atoms with Crippen LogP contribution in [0.3, 0.4) is 0 Å². The highest BCUT2D eigenvalue weighted by Crippen LogP contribution is 2.16. The van der Waals surface area contributed by atoms with Gasteiger partial charge >= 0.3 is 0 Å². The first-order valence-corrected chi connectivity index (χ1v) is 8.06. The summed E-state index contributed by atoms with van der Waals surface area (Å²) in [6.45, 7) is 1.71. The number of aliphatic hydroxyl groups is 1. The molecule has 0 aliphatic rings. The molecule has 2 N–H and O–H groups in total. The molecule has 0 saturated carbocycles. The first-order valence-electron chi connectivity index (χ1n) is 6.91. The van der Waals surface area contributed by atoms with Gasteiger partial charge in [0.2, 0.25) is 5.91 Å². The van der Waals surface area contributed by atoms with E-state index in [-0.39, 0.29) is 18.3 Å². The fraction of sp³-hybridized carbons (Fsp3) is 0.235. The molecular weight excluding hydrogens is 301 g/mol. The van der Waals surface area contributed by atoms with Gasteiger partial charge in [-0.15, -0.1) is 11.8 Å². The number of halogens is 1. The number of anilines is 1. The van der Waals surface area contributed by atoms with Gasteiger partial charge in [-0.1, -0.05) is 30.3 Å². The van der Waals surface area contributed by atoms with Crippen molar-refractivity contribution in [2.45, 2.75) is 19.3 Å². The lowest BCUT2D eigenvalue weighted by atomic mass is 10.2. The van der Waals surface area contributed by atoms with Gasteiger partial charge in [0.25, 0.3) is 0 Å². The molecule has 0 aromatic heterocycles. The molecule has 2 aromatic rings. The van der Waals surface area contributed by atoms with E-state index in [1.807, 2.05) is 24.3 Å². The zero-order valence-corrected chi connectivity index (χ0v) is 13.1. The van der Waals surface area contributed by atoms with Gasteiger partial charge in [-0.3, -0.25) is 4.79 Å². The molecule has 0 radical (unpaired) electrons. The molecule has 0 saturated heterocycles. The maximum absolute atomic E-state index is 13.4. The van der Waals surface area contributed by atoms with Crippen molar-refractivity contribution in [1.29, 1.82) is 0 Å². The number of carbonyl (C=O) groups is 1. The molecular formula is C17H18FNO2S. The van der Waals surface area contributed by atoms with Gasteiger partial charge in [-0.05, 0) is 35.7 Å². The Morgan fingerprint density at radius 2 is 1.86 bits per heavy atom. The molecule has 0 atom stereocenters. The van der Waals surface area contributed by atoms with Crippen molar-refractivity contribution in [1.82, 2.24) is 0 Å². The van der Waals surface area contributed by atoms with Crippen molar-refractivity contribution in [2.24, 2.45) is 0 Å². The number of aliphatic hydroxyl groups excluding tert-OH is 1. The first kappa shape index (κ1) is 16.5. The molecule has 5 heteroatoms. The minimum Gasteiger partial charge on any atom is -0.392 e. The highest BCUT2D eigenvalue weighted by molar-refractivity contribution is 7.99. The largest absolute Gasteiger partial charge is 0.392 e. The average Bonchev–Trinajstić information content (AvgIpc) is 2.51. The van der Waals surface area contributed by atoms with E-state index in [4.69, 9.17) is 5.11 Å². The average molecular weight is 319 g/mol. The van der Waals surface area contributed by atoms with Gasteiger partial charge in [0.1, 0.15) is 5.82 Å². The third-order valence-corrected chi connectivity index (χ3v) is 4.17. The van der Waals surface area contributed by atoms with Gasteiger partial charge in [-0.25, -0.2) is 4.39 Å². The first-order chi connectivity index (χ1) is 10.6. The molecule has 22 heavy (non-hydrogen) atoms. The maximum atomic E-state index is 13.4. The lowest BCUT2D eigenvalue weighted by Gasteiger charge is -2.07. The summed E-state index contributed by atoms with van der Waals surface area (Å²) in [5.41, 5.74) is 2.99. The lowest BCUT2D eigenvalue weighted by molar-refractivity contribution is -0.113. The maximum Gasteiger partial charge on any atom is 0.234 e. The number of benzene rings is 2. The fourth-order valence-corrected chi connectivity index (χ4v) is 2.66. The SMILES string of the molecule is Cc1ccc(NC(=O)CSCc2ccc(CO)cc2)cc1F. The number of amides is 1. The van der Waals surface area contributed by atoms with E-state index in [1.165, 1.54) is 17.8 Å². The number of carbonyl (C=O) groups excluding carboxylic acids is 1. The molecule has 0 bridgehead atoms. The smallest absolute Gasteiger partial charge is 0.234 e. The van der Waals surface area contributed by atoms with Gasteiger partial charge in [-0.2, -0.15) is 0 Å². The summed E-state index contributed by atoms with van der Waals surface area (Å²) in [6, 6.07) is 12.3. The molecule has 116 valence electrons. The van der Waals surface area contributed by atoms with E-state index >= 15 is 0 Å². The van der Waals surface area contributed by atoms with Crippen LogP contribution in [0.1, 0.15) is 16.7 Å². The summed E-state index contributed by atoms with van der Waals surface area (Å²) in [5.74, 6) is 0.535. The van der Waals surface area contributed by atoms with Crippen LogP contribution in [-0.4, -0.2) is 16.8 Å². The van der Waals surface area contributed by atoms with Crippen LogP contribution >= 0.6 is 11.8 Å². The van der Waals surface area contributed by atoms with Crippen LogP contribution in [0.5, 0.6) is 0 Å². The normalized spacial score (nSPS) is 10.5. The monoisotopic (exact) mass is 319 g/mol. The summed E-state index contributed by atoms with van der Waals surface area (Å²) in [4.78, 5) is 11.8. The molecule has 0 fully saturated rings. The Kier molecular flexibility index (Phi) is 5.98. The van der Waals surface area contributed by atoms with E-state index in [2.05, 4.69) is 5.32 Å². The highest BCUT2D eigenvalue weighted by atomic mass is 32.2. The molecule has 2 rings (SSSR count). The zero-order valence-electron chi connectivity index (χ0n) is 12.3. The lowest BCUT2D eigenvalue weighted by Crippen LogP contribution is -2.14. The Hall–Kier alpha value is -1.85. The second kappa shape index (κ2) is 7.96. The summed E-state index contributed by atoms with van der Waals surface area (Å²) < 4.78 is 13.4. The van der Waals surface area contributed by atoms with Crippen LogP contribution in [0.15, 0.2) is 42.5 Å². The number of thioether (sulfide) groups is 1.